The highest BCUT2D eigenvalue weighted by atomic mass is 32.1. The maximum Gasteiger partial charge on any atom is 0.275 e. The molecule has 1 fully saturated rings. The number of nitrogens with zero attached hydrogens (tertiary/aromatic N) is 2. The van der Waals surface area contributed by atoms with Crippen LogP contribution in [0.15, 0.2) is 22.9 Å². The molecule has 3 amide bonds. The van der Waals surface area contributed by atoms with Crippen molar-refractivity contribution in [2.24, 2.45) is 5.73 Å². The molecular formula is C25H28N4O6S2. The van der Waals surface area contributed by atoms with Crippen LogP contribution in [0.25, 0.3) is 0 Å². The van der Waals surface area contributed by atoms with Crippen LogP contribution in [-0.2, 0) is 0 Å². The molecule has 1 aromatic carbocycles. The number of aryl methyl sites for hydroxylation is 1. The van der Waals surface area contributed by atoms with Crippen LogP contribution in [0.1, 0.15) is 60.5 Å². The zero-order chi connectivity index (χ0) is 26.7. The normalized spacial score (nSPS) is 13.8. The SMILES string of the molecule is COc1ccc(C(=O)N2CCC(c3nc(C(=O)Nc4scc(C)c4C(N)=O)cs3)CC2)c(OC)c1OC. The Hall–Kier alpha value is -3.64. The number of benzene rings is 1. The van der Waals surface area contributed by atoms with Gasteiger partial charge in [-0.3, -0.25) is 14.4 Å². The zero-order valence-corrected chi connectivity index (χ0v) is 22.6. The minimum absolute atomic E-state index is 0.132. The summed E-state index contributed by atoms with van der Waals surface area (Å²) in [6, 6.07) is 3.37. The zero-order valence-electron chi connectivity index (χ0n) is 21.0. The van der Waals surface area contributed by atoms with Crippen molar-refractivity contribution >= 4 is 45.4 Å². The highest BCUT2D eigenvalue weighted by Gasteiger charge is 2.30. The third-order valence-electron chi connectivity index (χ3n) is 6.27. The summed E-state index contributed by atoms with van der Waals surface area (Å²) in [6.45, 7) is 2.85. The molecule has 3 N–H and O–H groups in total. The Balaban J connectivity index is 1.41. The second-order valence-corrected chi connectivity index (χ2v) is 10.2. The van der Waals surface area contributed by atoms with Crippen molar-refractivity contribution in [3.05, 3.63) is 50.3 Å². The van der Waals surface area contributed by atoms with E-state index < -0.39 is 5.91 Å². The third kappa shape index (κ3) is 5.25. The predicted molar refractivity (Wildman–Crippen MR) is 142 cm³/mol. The first kappa shape index (κ1) is 26.4. The minimum atomic E-state index is -0.583. The summed E-state index contributed by atoms with van der Waals surface area (Å²) >= 11 is 2.67. The van der Waals surface area contributed by atoms with Gasteiger partial charge in [0.15, 0.2) is 11.5 Å². The molecule has 0 saturated carbocycles. The highest BCUT2D eigenvalue weighted by molar-refractivity contribution is 7.15. The molecule has 1 saturated heterocycles. The van der Waals surface area contributed by atoms with Gasteiger partial charge >= 0.3 is 0 Å². The van der Waals surface area contributed by atoms with Gasteiger partial charge in [-0.05, 0) is 42.8 Å². The van der Waals surface area contributed by atoms with Crippen molar-refractivity contribution in [1.29, 1.82) is 0 Å². The van der Waals surface area contributed by atoms with E-state index in [0.717, 1.165) is 10.6 Å². The van der Waals surface area contributed by atoms with Gasteiger partial charge in [0.2, 0.25) is 5.75 Å². The van der Waals surface area contributed by atoms with Crippen molar-refractivity contribution in [3.8, 4) is 17.2 Å². The van der Waals surface area contributed by atoms with Crippen molar-refractivity contribution < 1.29 is 28.6 Å². The average molecular weight is 545 g/mol. The maximum atomic E-state index is 13.3. The van der Waals surface area contributed by atoms with Gasteiger partial charge in [0.25, 0.3) is 17.7 Å². The first-order chi connectivity index (χ1) is 17.8. The van der Waals surface area contributed by atoms with Gasteiger partial charge in [-0.1, -0.05) is 0 Å². The monoisotopic (exact) mass is 544 g/mol. The number of methoxy groups -OCH3 is 3. The maximum absolute atomic E-state index is 13.3. The van der Waals surface area contributed by atoms with E-state index in [4.69, 9.17) is 19.9 Å². The Bertz CT molecular complexity index is 1330. The van der Waals surface area contributed by atoms with E-state index in [2.05, 4.69) is 10.3 Å². The molecule has 37 heavy (non-hydrogen) atoms. The summed E-state index contributed by atoms with van der Waals surface area (Å²) in [5.74, 6) is 0.211. The van der Waals surface area contributed by atoms with Gasteiger partial charge in [-0.2, -0.15) is 0 Å². The minimum Gasteiger partial charge on any atom is -0.493 e. The van der Waals surface area contributed by atoms with E-state index in [1.165, 1.54) is 44.0 Å². The number of thiophene rings is 1. The second kappa shape index (κ2) is 11.2. The third-order valence-corrected chi connectivity index (χ3v) is 8.29. The van der Waals surface area contributed by atoms with Crippen LogP contribution < -0.4 is 25.3 Å². The lowest BCUT2D eigenvalue weighted by Gasteiger charge is -2.31. The fourth-order valence-electron chi connectivity index (χ4n) is 4.36. The summed E-state index contributed by atoms with van der Waals surface area (Å²) in [5.41, 5.74) is 7.18. The fraction of sp³-hybridized carbons (Fsp3) is 0.360. The number of anilines is 1. The van der Waals surface area contributed by atoms with Crippen LogP contribution in [0, 0.1) is 6.92 Å². The number of amides is 3. The Morgan fingerprint density at radius 2 is 1.73 bits per heavy atom. The van der Waals surface area contributed by atoms with E-state index in [1.54, 1.807) is 34.7 Å². The number of likely N-dealkylation sites (tertiary alicyclic amines) is 1. The number of nitrogens with one attached hydrogen (secondary N) is 1. The Morgan fingerprint density at radius 3 is 2.35 bits per heavy atom. The van der Waals surface area contributed by atoms with Gasteiger partial charge < -0.3 is 30.2 Å². The van der Waals surface area contributed by atoms with Gasteiger partial charge in [0, 0.05) is 24.4 Å². The molecular weight excluding hydrogens is 516 g/mol. The molecule has 0 aliphatic carbocycles. The lowest BCUT2D eigenvalue weighted by Crippen LogP contribution is -2.38. The van der Waals surface area contributed by atoms with Crippen LogP contribution in [0.3, 0.4) is 0 Å². The number of hydrogen-bond acceptors (Lipinski definition) is 9. The van der Waals surface area contributed by atoms with Crippen molar-refractivity contribution in [2.45, 2.75) is 25.7 Å². The van der Waals surface area contributed by atoms with E-state index >= 15 is 0 Å². The summed E-state index contributed by atoms with van der Waals surface area (Å²) in [5, 5.41) is 7.50. The Kier molecular flexibility index (Phi) is 7.98. The van der Waals surface area contributed by atoms with Crippen LogP contribution in [0.4, 0.5) is 5.00 Å². The molecule has 1 aliphatic rings. The van der Waals surface area contributed by atoms with Crippen LogP contribution >= 0.6 is 22.7 Å². The molecule has 0 spiro atoms. The molecule has 196 valence electrons. The van der Waals surface area contributed by atoms with E-state index in [9.17, 15) is 14.4 Å². The average Bonchev–Trinajstić information content (AvgIpc) is 3.54. The standard InChI is InChI=1S/C25H28N4O6S2/c1-13-11-36-24(18(13)21(26)30)28-22(31)16-12-37-23(27-16)14-7-9-29(10-8-14)25(32)15-5-6-17(33-2)20(35-4)19(15)34-3/h5-6,11-12,14H,7-10H2,1-4H3,(H2,26,30)(H,28,31). The fourth-order valence-corrected chi connectivity index (χ4v) is 6.27. The highest BCUT2D eigenvalue weighted by Crippen LogP contribution is 2.41. The summed E-state index contributed by atoms with van der Waals surface area (Å²) in [7, 11) is 4.52. The largest absolute Gasteiger partial charge is 0.493 e. The lowest BCUT2D eigenvalue weighted by molar-refractivity contribution is 0.0708. The van der Waals surface area contributed by atoms with Crippen LogP contribution in [-0.4, -0.2) is 62.0 Å². The quantitative estimate of drug-likeness (QED) is 0.439. The topological polar surface area (TPSA) is 133 Å². The lowest BCUT2D eigenvalue weighted by atomic mass is 9.97. The van der Waals surface area contributed by atoms with E-state index in [0.29, 0.717) is 59.3 Å². The van der Waals surface area contributed by atoms with Gasteiger partial charge in [0.05, 0.1) is 37.5 Å². The number of rotatable bonds is 8. The number of aromatic nitrogens is 1. The first-order valence-corrected chi connectivity index (χ1v) is 13.3. The number of thiazole rings is 1. The molecule has 10 nitrogen and oxygen atoms in total. The number of carbonyl (C=O) groups excluding carboxylic acids is 3. The summed E-state index contributed by atoms with van der Waals surface area (Å²) in [6.07, 6.45) is 1.43. The van der Waals surface area contributed by atoms with E-state index in [1.807, 2.05) is 0 Å². The first-order valence-electron chi connectivity index (χ1n) is 11.5. The Labute approximate surface area is 222 Å². The molecule has 1 aliphatic heterocycles. The van der Waals surface area contributed by atoms with Crippen LogP contribution in [0.2, 0.25) is 0 Å². The summed E-state index contributed by atoms with van der Waals surface area (Å²) < 4.78 is 16.2. The number of primary amides is 1. The van der Waals surface area contributed by atoms with Gasteiger partial charge in [0.1, 0.15) is 10.7 Å². The molecule has 0 bridgehead atoms. The van der Waals surface area contributed by atoms with Gasteiger partial charge in [-0.15, -0.1) is 22.7 Å². The number of carbonyl (C=O) groups is 3. The van der Waals surface area contributed by atoms with E-state index in [-0.39, 0.29) is 23.4 Å². The van der Waals surface area contributed by atoms with Crippen molar-refractivity contribution in [3.63, 3.8) is 0 Å². The summed E-state index contributed by atoms with van der Waals surface area (Å²) in [4.78, 5) is 44.1. The molecule has 0 radical (unpaired) electrons. The molecule has 12 heteroatoms. The Morgan fingerprint density at radius 1 is 1.03 bits per heavy atom. The smallest absolute Gasteiger partial charge is 0.275 e. The van der Waals surface area contributed by atoms with Crippen LogP contribution in [0.5, 0.6) is 17.2 Å². The molecule has 3 aromatic rings. The molecule has 4 rings (SSSR count). The number of nitrogens with two attached hydrogens (primary N) is 1. The molecule has 2 aromatic heterocycles. The molecule has 0 unspecified atom stereocenters. The van der Waals surface area contributed by atoms with Crippen molar-refractivity contribution in [2.75, 3.05) is 39.7 Å². The molecule has 3 heterocycles. The molecule has 0 atom stereocenters. The number of piperidine rings is 1. The second-order valence-electron chi connectivity index (χ2n) is 8.46. The van der Waals surface area contributed by atoms with Crippen molar-refractivity contribution in [1.82, 2.24) is 9.88 Å². The number of ether oxygens (including phenoxy) is 3. The number of hydrogen-bond donors (Lipinski definition) is 2. The predicted octanol–water partition coefficient (Wildman–Crippen LogP) is 3.91. The van der Waals surface area contributed by atoms with Gasteiger partial charge in [-0.25, -0.2) is 4.98 Å².